The minimum atomic E-state index is -0.0600. The molecule has 0 aromatic heterocycles. The lowest BCUT2D eigenvalue weighted by Gasteiger charge is -2.26. The molecule has 1 aliphatic rings. The van der Waals surface area contributed by atoms with Crippen molar-refractivity contribution in [1.29, 1.82) is 0 Å². The normalized spacial score (nSPS) is 13.0. The van der Waals surface area contributed by atoms with Gasteiger partial charge in [0.15, 0.2) is 0 Å². The van der Waals surface area contributed by atoms with Crippen molar-refractivity contribution in [3.63, 3.8) is 0 Å². The smallest absolute Gasteiger partial charge is 0.0468 e. The Morgan fingerprint density at radius 2 is 0.852 bits per heavy atom. The fourth-order valence-corrected chi connectivity index (χ4v) is 9.12. The second-order valence-corrected chi connectivity index (χ2v) is 15.5. The number of anilines is 3. The highest BCUT2D eigenvalue weighted by atomic mass is 15.1. The maximum atomic E-state index is 2.47. The van der Waals surface area contributed by atoms with E-state index in [0.717, 1.165) is 17.1 Å². The van der Waals surface area contributed by atoms with E-state index in [-0.39, 0.29) is 5.41 Å². The molecule has 0 saturated carbocycles. The van der Waals surface area contributed by atoms with Crippen molar-refractivity contribution in [2.75, 3.05) is 4.90 Å². The minimum absolute atomic E-state index is 0.0600. The molecule has 9 aromatic carbocycles. The summed E-state index contributed by atoms with van der Waals surface area (Å²) in [6.45, 7) is 9.05. The molecule has 0 saturated heterocycles. The Morgan fingerprint density at radius 1 is 0.370 bits per heavy atom. The Balaban J connectivity index is 1.13. The molecule has 1 nitrogen and oxygen atoms in total. The molecular weight excluding hydrogens is 651 g/mol. The third-order valence-electron chi connectivity index (χ3n) is 11.7. The largest absolute Gasteiger partial charge is 0.310 e. The Morgan fingerprint density at radius 3 is 1.46 bits per heavy atom. The van der Waals surface area contributed by atoms with Crippen LogP contribution in [0.2, 0.25) is 0 Å². The van der Waals surface area contributed by atoms with Gasteiger partial charge in [-0.2, -0.15) is 0 Å². The van der Waals surface area contributed by atoms with E-state index in [0.29, 0.717) is 0 Å². The molecule has 0 bridgehead atoms. The summed E-state index contributed by atoms with van der Waals surface area (Å²) in [7, 11) is 0. The maximum absolute atomic E-state index is 2.47. The van der Waals surface area contributed by atoms with Crippen molar-refractivity contribution in [3.05, 3.63) is 198 Å². The van der Waals surface area contributed by atoms with E-state index in [9.17, 15) is 0 Å². The minimum Gasteiger partial charge on any atom is -0.310 e. The molecule has 10 rings (SSSR count). The van der Waals surface area contributed by atoms with Crippen LogP contribution in [0.1, 0.15) is 36.1 Å². The molecule has 0 unspecified atom stereocenters. The number of benzene rings is 9. The zero-order valence-corrected chi connectivity index (χ0v) is 31.2. The van der Waals surface area contributed by atoms with Crippen LogP contribution in [0.4, 0.5) is 17.1 Å². The lowest BCUT2D eigenvalue weighted by Crippen LogP contribution is -2.14. The van der Waals surface area contributed by atoms with Gasteiger partial charge in [0.05, 0.1) is 0 Å². The first-order valence-electron chi connectivity index (χ1n) is 19.0. The van der Waals surface area contributed by atoms with Crippen molar-refractivity contribution < 1.29 is 0 Å². The topological polar surface area (TPSA) is 3.24 Å². The average molecular weight is 692 g/mol. The molecule has 9 aromatic rings. The summed E-state index contributed by atoms with van der Waals surface area (Å²) < 4.78 is 0. The molecule has 1 heteroatoms. The van der Waals surface area contributed by atoms with Crippen molar-refractivity contribution in [3.8, 4) is 33.4 Å². The summed E-state index contributed by atoms with van der Waals surface area (Å²) in [5.74, 6) is 0. The van der Waals surface area contributed by atoms with E-state index < -0.39 is 0 Å². The first-order chi connectivity index (χ1) is 26.3. The van der Waals surface area contributed by atoms with Gasteiger partial charge in [0.25, 0.3) is 0 Å². The van der Waals surface area contributed by atoms with E-state index in [2.05, 4.69) is 209 Å². The fourth-order valence-electron chi connectivity index (χ4n) is 9.12. The Kier molecular flexibility index (Phi) is 7.35. The number of fused-ring (bicyclic) bond motifs is 6. The zero-order chi connectivity index (χ0) is 36.6. The Bertz CT molecular complexity index is 2840. The fraction of sp³-hybridized carbons (Fsp3) is 0.0943. The van der Waals surface area contributed by atoms with E-state index in [4.69, 9.17) is 0 Å². The molecule has 54 heavy (non-hydrogen) atoms. The van der Waals surface area contributed by atoms with Crippen LogP contribution in [-0.4, -0.2) is 0 Å². The van der Waals surface area contributed by atoms with E-state index >= 15 is 0 Å². The summed E-state index contributed by atoms with van der Waals surface area (Å²) in [5.41, 5.74) is 16.5. The molecule has 0 N–H and O–H groups in total. The molecule has 1 aliphatic carbocycles. The van der Waals surface area contributed by atoms with E-state index in [1.54, 1.807) is 0 Å². The van der Waals surface area contributed by atoms with Gasteiger partial charge in [0.1, 0.15) is 0 Å². The van der Waals surface area contributed by atoms with Crippen LogP contribution < -0.4 is 4.90 Å². The van der Waals surface area contributed by atoms with Gasteiger partial charge < -0.3 is 4.90 Å². The summed E-state index contributed by atoms with van der Waals surface area (Å²) >= 11 is 0. The quantitative estimate of drug-likeness (QED) is 0.162. The molecule has 0 fully saturated rings. The van der Waals surface area contributed by atoms with Crippen LogP contribution in [0.5, 0.6) is 0 Å². The van der Waals surface area contributed by atoms with Gasteiger partial charge >= 0.3 is 0 Å². The highest BCUT2D eigenvalue weighted by molar-refractivity contribution is 6.22. The van der Waals surface area contributed by atoms with Gasteiger partial charge in [0.2, 0.25) is 0 Å². The van der Waals surface area contributed by atoms with E-state index in [1.165, 1.54) is 88.0 Å². The van der Waals surface area contributed by atoms with Gasteiger partial charge in [-0.1, -0.05) is 141 Å². The molecule has 0 atom stereocenters. The molecule has 0 radical (unpaired) electrons. The third kappa shape index (κ3) is 5.07. The van der Waals surface area contributed by atoms with Gasteiger partial charge in [-0.15, -0.1) is 0 Å². The van der Waals surface area contributed by atoms with Crippen LogP contribution in [-0.2, 0) is 5.41 Å². The monoisotopic (exact) mass is 691 g/mol. The SMILES string of the molecule is Cc1cccc(N(c2cccc(C)c2)c2ccc3cc(-c4c5ccccc5c(-c5ccc6c(c5)C(C)(C)c5ccccc5-6)c5ccccc45)ccc3c2)c1. The standard InChI is InChI=1S/C53H41N/c1-34-13-11-15-40(29-34)54(41-16-12-14-35(2)30-41)42-27-25-36-31-38(24-23-37(36)32-42)51-45-18-5-7-20-47(45)52(48-21-8-6-19-46(48)51)39-26-28-44-43-17-9-10-22-49(43)53(3,4)50(44)33-39/h5-33H,1-4H3. The maximum Gasteiger partial charge on any atom is 0.0468 e. The predicted molar refractivity (Wildman–Crippen MR) is 232 cm³/mol. The number of nitrogens with zero attached hydrogens (tertiary/aromatic N) is 1. The third-order valence-corrected chi connectivity index (χ3v) is 11.7. The predicted octanol–water partition coefficient (Wildman–Crippen LogP) is 14.9. The zero-order valence-electron chi connectivity index (χ0n) is 31.2. The summed E-state index contributed by atoms with van der Waals surface area (Å²) in [4.78, 5) is 2.37. The van der Waals surface area contributed by atoms with Gasteiger partial charge in [-0.05, 0) is 150 Å². The van der Waals surface area contributed by atoms with Crippen molar-refractivity contribution >= 4 is 49.4 Å². The van der Waals surface area contributed by atoms with Crippen LogP contribution in [0, 0.1) is 13.8 Å². The first-order valence-corrected chi connectivity index (χ1v) is 19.0. The van der Waals surface area contributed by atoms with Crippen molar-refractivity contribution in [2.24, 2.45) is 0 Å². The number of rotatable bonds is 5. The van der Waals surface area contributed by atoms with Gasteiger partial charge in [0, 0.05) is 22.5 Å². The Labute approximate surface area is 317 Å². The summed E-state index contributed by atoms with van der Waals surface area (Å²) in [5, 5.41) is 7.55. The highest BCUT2D eigenvalue weighted by Gasteiger charge is 2.35. The lowest BCUT2D eigenvalue weighted by atomic mass is 9.80. The molecule has 0 spiro atoms. The molecule has 0 heterocycles. The number of hydrogen-bond acceptors (Lipinski definition) is 1. The number of hydrogen-bond donors (Lipinski definition) is 0. The van der Waals surface area contributed by atoms with Gasteiger partial charge in [-0.3, -0.25) is 0 Å². The van der Waals surface area contributed by atoms with Crippen molar-refractivity contribution in [1.82, 2.24) is 0 Å². The van der Waals surface area contributed by atoms with Crippen LogP contribution in [0.3, 0.4) is 0 Å². The molecule has 0 aliphatic heterocycles. The molecule has 0 amide bonds. The number of aryl methyl sites for hydroxylation is 2. The second-order valence-electron chi connectivity index (χ2n) is 15.5. The highest BCUT2D eigenvalue weighted by Crippen LogP contribution is 2.51. The van der Waals surface area contributed by atoms with Crippen LogP contribution >= 0.6 is 0 Å². The van der Waals surface area contributed by atoms with Crippen molar-refractivity contribution in [2.45, 2.75) is 33.1 Å². The summed E-state index contributed by atoms with van der Waals surface area (Å²) in [6.07, 6.45) is 0. The summed E-state index contributed by atoms with van der Waals surface area (Å²) in [6, 6.07) is 65.5. The van der Waals surface area contributed by atoms with Gasteiger partial charge in [-0.25, -0.2) is 0 Å². The molecule has 258 valence electrons. The van der Waals surface area contributed by atoms with Crippen LogP contribution in [0.25, 0.3) is 65.7 Å². The molecular formula is C53H41N. The first kappa shape index (κ1) is 32.2. The average Bonchev–Trinajstić information content (AvgIpc) is 3.42. The Hall–Kier alpha value is -6.44. The van der Waals surface area contributed by atoms with E-state index in [1.807, 2.05) is 0 Å². The van der Waals surface area contributed by atoms with Crippen LogP contribution in [0.15, 0.2) is 176 Å². The second kappa shape index (κ2) is 12.3. The lowest BCUT2D eigenvalue weighted by molar-refractivity contribution is 0.660.